The van der Waals surface area contributed by atoms with Gasteiger partial charge in [0.25, 0.3) is 0 Å². The number of hydrogen-bond acceptors (Lipinski definition) is 3. The fraction of sp³-hybridized carbons (Fsp3) is 0.200. The zero-order valence-corrected chi connectivity index (χ0v) is 11.2. The number of para-hydroxylation sites is 1. The van der Waals surface area contributed by atoms with E-state index >= 15 is 0 Å². The van der Waals surface area contributed by atoms with E-state index in [9.17, 15) is 4.39 Å². The molecule has 2 N–H and O–H groups in total. The molecule has 0 aliphatic heterocycles. The maximum atomic E-state index is 13.9. The van der Waals surface area contributed by atoms with Crippen LogP contribution in [0.25, 0.3) is 22.4 Å². The van der Waals surface area contributed by atoms with Gasteiger partial charge in [-0.3, -0.25) is 4.98 Å². The first-order valence-corrected chi connectivity index (χ1v) is 6.54. The van der Waals surface area contributed by atoms with Crippen molar-refractivity contribution in [1.82, 2.24) is 14.5 Å². The van der Waals surface area contributed by atoms with Gasteiger partial charge in [-0.1, -0.05) is 6.07 Å². The van der Waals surface area contributed by atoms with Gasteiger partial charge in [0, 0.05) is 24.8 Å². The number of nitrogens with two attached hydrogens (primary N) is 1. The molecule has 102 valence electrons. The number of aryl methyl sites for hydroxylation is 1. The first-order chi connectivity index (χ1) is 9.74. The third kappa shape index (κ3) is 1.96. The molecule has 0 bridgehead atoms. The van der Waals surface area contributed by atoms with Gasteiger partial charge in [-0.15, -0.1) is 0 Å². The van der Waals surface area contributed by atoms with Crippen LogP contribution in [0.5, 0.6) is 0 Å². The van der Waals surface area contributed by atoms with Crippen LogP contribution in [0.15, 0.2) is 36.5 Å². The number of fused-ring (bicyclic) bond motifs is 1. The van der Waals surface area contributed by atoms with E-state index in [1.807, 2.05) is 29.7 Å². The zero-order chi connectivity index (χ0) is 14.1. The average Bonchev–Trinajstić information content (AvgIpc) is 2.87. The highest BCUT2D eigenvalue weighted by atomic mass is 19.1. The molecule has 5 heteroatoms. The second-order valence-electron chi connectivity index (χ2n) is 4.53. The van der Waals surface area contributed by atoms with Crippen LogP contribution in [0, 0.1) is 5.82 Å². The maximum absolute atomic E-state index is 13.9. The number of aromatic nitrogens is 3. The maximum Gasteiger partial charge on any atom is 0.151 e. The Hall–Kier alpha value is -2.27. The van der Waals surface area contributed by atoms with E-state index in [-0.39, 0.29) is 5.82 Å². The first kappa shape index (κ1) is 12.7. The monoisotopic (exact) mass is 270 g/mol. The molecule has 20 heavy (non-hydrogen) atoms. The normalized spacial score (nSPS) is 11.2. The Bertz CT molecular complexity index is 764. The predicted octanol–water partition coefficient (Wildman–Crippen LogP) is 2.72. The summed E-state index contributed by atoms with van der Waals surface area (Å²) in [6.07, 6.45) is 1.70. The van der Waals surface area contributed by atoms with Crippen molar-refractivity contribution in [2.45, 2.75) is 20.0 Å². The lowest BCUT2D eigenvalue weighted by atomic mass is 10.2. The summed E-state index contributed by atoms with van der Waals surface area (Å²) in [6, 6.07) is 8.77. The average molecular weight is 270 g/mol. The zero-order valence-electron chi connectivity index (χ0n) is 11.2. The van der Waals surface area contributed by atoms with Crippen LogP contribution in [0.3, 0.4) is 0 Å². The largest absolute Gasteiger partial charge is 0.325 e. The van der Waals surface area contributed by atoms with Crippen molar-refractivity contribution in [2.24, 2.45) is 5.73 Å². The number of rotatable bonds is 3. The van der Waals surface area contributed by atoms with E-state index in [2.05, 4.69) is 9.97 Å². The molecule has 0 saturated heterocycles. The molecule has 1 aromatic carbocycles. The van der Waals surface area contributed by atoms with Crippen molar-refractivity contribution in [2.75, 3.05) is 0 Å². The smallest absolute Gasteiger partial charge is 0.151 e. The molecule has 0 aliphatic carbocycles. The highest BCUT2D eigenvalue weighted by Crippen LogP contribution is 2.26. The lowest BCUT2D eigenvalue weighted by molar-refractivity contribution is 0.637. The summed E-state index contributed by atoms with van der Waals surface area (Å²) in [5, 5.41) is 0. The standard InChI is InChI=1S/C15H15FN4/c1-2-20-13-5-3-4-12(16)14(13)19-15(20)10-6-7-18-11(8-10)9-17/h3-8H,2,9,17H2,1H3. The second-order valence-corrected chi connectivity index (χ2v) is 4.53. The number of pyridine rings is 1. The molecule has 3 aromatic rings. The number of hydrogen-bond donors (Lipinski definition) is 1. The fourth-order valence-corrected chi connectivity index (χ4v) is 2.38. The molecule has 0 radical (unpaired) electrons. The summed E-state index contributed by atoms with van der Waals surface area (Å²) in [5.74, 6) is 0.439. The van der Waals surface area contributed by atoms with Gasteiger partial charge in [0.2, 0.25) is 0 Å². The van der Waals surface area contributed by atoms with E-state index in [1.165, 1.54) is 6.07 Å². The van der Waals surface area contributed by atoms with Crippen molar-refractivity contribution in [3.05, 3.63) is 48.0 Å². The van der Waals surface area contributed by atoms with Gasteiger partial charge in [-0.05, 0) is 31.2 Å². The summed E-state index contributed by atoms with van der Waals surface area (Å²) in [6.45, 7) is 3.10. The summed E-state index contributed by atoms with van der Waals surface area (Å²) >= 11 is 0. The van der Waals surface area contributed by atoms with Crippen LogP contribution >= 0.6 is 0 Å². The van der Waals surface area contributed by atoms with Crippen LogP contribution in [-0.2, 0) is 13.1 Å². The molecule has 0 saturated carbocycles. The van der Waals surface area contributed by atoms with Crippen LogP contribution in [0.2, 0.25) is 0 Å². The predicted molar refractivity (Wildman–Crippen MR) is 76.5 cm³/mol. The summed E-state index contributed by atoms with van der Waals surface area (Å²) < 4.78 is 15.9. The Morgan fingerprint density at radius 2 is 2.15 bits per heavy atom. The van der Waals surface area contributed by atoms with Gasteiger partial charge in [0.15, 0.2) is 5.82 Å². The third-order valence-electron chi connectivity index (χ3n) is 3.33. The van der Waals surface area contributed by atoms with Crippen LogP contribution in [0.1, 0.15) is 12.6 Å². The Kier molecular flexibility index (Phi) is 3.20. The molecule has 0 fully saturated rings. The minimum absolute atomic E-state index is 0.302. The van der Waals surface area contributed by atoms with Gasteiger partial charge in [0.05, 0.1) is 11.2 Å². The Balaban J connectivity index is 2.27. The number of imidazole rings is 1. The van der Waals surface area contributed by atoms with Crippen LogP contribution < -0.4 is 5.73 Å². The molecule has 0 spiro atoms. The van der Waals surface area contributed by atoms with Crippen molar-refractivity contribution >= 4 is 11.0 Å². The SMILES string of the molecule is CCn1c(-c2ccnc(CN)c2)nc2c(F)cccc21. The molecule has 0 atom stereocenters. The first-order valence-electron chi connectivity index (χ1n) is 6.54. The lowest BCUT2D eigenvalue weighted by Gasteiger charge is -2.06. The van der Waals surface area contributed by atoms with Crippen molar-refractivity contribution in [1.29, 1.82) is 0 Å². The molecule has 4 nitrogen and oxygen atoms in total. The minimum Gasteiger partial charge on any atom is -0.325 e. The molecule has 0 aliphatic rings. The number of halogens is 1. The molecule has 2 heterocycles. The summed E-state index contributed by atoms with van der Waals surface area (Å²) in [4.78, 5) is 8.62. The third-order valence-corrected chi connectivity index (χ3v) is 3.33. The topological polar surface area (TPSA) is 56.7 Å². The Morgan fingerprint density at radius 3 is 2.90 bits per heavy atom. The van der Waals surface area contributed by atoms with Crippen LogP contribution in [0.4, 0.5) is 4.39 Å². The van der Waals surface area contributed by atoms with Crippen molar-refractivity contribution in [3.8, 4) is 11.4 Å². The van der Waals surface area contributed by atoms with E-state index < -0.39 is 0 Å². The molecule has 0 unspecified atom stereocenters. The summed E-state index contributed by atoms with van der Waals surface area (Å²) in [5.41, 5.74) is 8.51. The quantitative estimate of drug-likeness (QED) is 0.796. The second kappa shape index (κ2) is 5.02. The molecule has 0 amide bonds. The molecular formula is C15H15FN4. The van der Waals surface area contributed by atoms with E-state index in [1.54, 1.807) is 12.3 Å². The van der Waals surface area contributed by atoms with Crippen LogP contribution in [-0.4, -0.2) is 14.5 Å². The van der Waals surface area contributed by atoms with Gasteiger partial charge >= 0.3 is 0 Å². The summed E-state index contributed by atoms with van der Waals surface area (Å²) in [7, 11) is 0. The number of nitrogens with zero attached hydrogens (tertiary/aromatic N) is 3. The molecular weight excluding hydrogens is 255 g/mol. The van der Waals surface area contributed by atoms with Crippen molar-refractivity contribution in [3.63, 3.8) is 0 Å². The highest BCUT2D eigenvalue weighted by molar-refractivity contribution is 5.81. The Morgan fingerprint density at radius 1 is 1.30 bits per heavy atom. The van der Waals surface area contributed by atoms with Gasteiger partial charge in [0.1, 0.15) is 11.3 Å². The number of benzene rings is 1. The van der Waals surface area contributed by atoms with E-state index in [4.69, 9.17) is 5.73 Å². The minimum atomic E-state index is -0.302. The van der Waals surface area contributed by atoms with Gasteiger partial charge in [-0.25, -0.2) is 9.37 Å². The molecule has 2 aromatic heterocycles. The highest BCUT2D eigenvalue weighted by Gasteiger charge is 2.14. The fourth-order valence-electron chi connectivity index (χ4n) is 2.38. The molecule has 3 rings (SSSR count). The van der Waals surface area contributed by atoms with E-state index in [0.29, 0.717) is 12.1 Å². The van der Waals surface area contributed by atoms with E-state index in [0.717, 1.165) is 29.1 Å². The van der Waals surface area contributed by atoms with Gasteiger partial charge in [-0.2, -0.15) is 0 Å². The Labute approximate surface area is 116 Å². The van der Waals surface area contributed by atoms with Gasteiger partial charge < -0.3 is 10.3 Å². The lowest BCUT2D eigenvalue weighted by Crippen LogP contribution is -2.01. The van der Waals surface area contributed by atoms with Crippen molar-refractivity contribution < 1.29 is 4.39 Å².